The van der Waals surface area contributed by atoms with E-state index in [-0.39, 0.29) is 24.9 Å². The first-order valence-corrected chi connectivity index (χ1v) is 7.49. The van der Waals surface area contributed by atoms with E-state index >= 15 is 0 Å². The highest BCUT2D eigenvalue weighted by molar-refractivity contribution is 5.78. The number of hydrogen-bond donors (Lipinski definition) is 1. The van der Waals surface area contributed by atoms with E-state index in [1.807, 2.05) is 4.90 Å². The first-order chi connectivity index (χ1) is 11.1. The van der Waals surface area contributed by atoms with Crippen molar-refractivity contribution in [3.63, 3.8) is 0 Å². The van der Waals surface area contributed by atoms with Crippen molar-refractivity contribution < 1.29 is 13.7 Å². The lowest BCUT2D eigenvalue weighted by Crippen LogP contribution is -2.41. The van der Waals surface area contributed by atoms with Crippen LogP contribution >= 0.6 is 0 Å². The molecular formula is C15H18FN5O2. The van der Waals surface area contributed by atoms with Crippen LogP contribution in [-0.2, 0) is 11.2 Å². The van der Waals surface area contributed by atoms with Crippen molar-refractivity contribution in [3.05, 3.63) is 35.9 Å². The van der Waals surface area contributed by atoms with Gasteiger partial charge in [-0.3, -0.25) is 4.79 Å². The molecule has 3 rings (SSSR count). The zero-order chi connectivity index (χ0) is 16.2. The van der Waals surface area contributed by atoms with Gasteiger partial charge in [0.15, 0.2) is 5.82 Å². The zero-order valence-corrected chi connectivity index (χ0v) is 12.8. The number of nitrogens with zero attached hydrogens (tertiary/aromatic N) is 4. The van der Waals surface area contributed by atoms with Crippen molar-refractivity contribution in [3.8, 4) is 0 Å². The molecule has 0 spiro atoms. The molecular weight excluding hydrogens is 301 g/mol. The third kappa shape index (κ3) is 3.82. The zero-order valence-electron chi connectivity index (χ0n) is 12.8. The first kappa shape index (κ1) is 15.4. The van der Waals surface area contributed by atoms with Crippen LogP contribution in [0.25, 0.3) is 0 Å². The quantitative estimate of drug-likeness (QED) is 0.887. The van der Waals surface area contributed by atoms with E-state index in [1.165, 1.54) is 0 Å². The van der Waals surface area contributed by atoms with Crippen molar-refractivity contribution in [2.24, 2.45) is 0 Å². The van der Waals surface area contributed by atoms with Gasteiger partial charge in [-0.25, -0.2) is 4.39 Å². The molecule has 2 aromatic heterocycles. The van der Waals surface area contributed by atoms with E-state index in [1.54, 1.807) is 31.3 Å². The molecule has 2 atom stereocenters. The highest BCUT2D eigenvalue weighted by Gasteiger charge is 2.33. The van der Waals surface area contributed by atoms with E-state index in [2.05, 4.69) is 20.7 Å². The standard InChI is InChI=1S/C15H18FN5O2/c1-10-5-12(20-23-10)7-15(22)17-8-13-6-11(16)9-21(13)14-3-2-4-18-19-14/h2-5,11,13H,6-9H2,1H3,(H,17,22)/t11-,13-/m0/s1. The largest absolute Gasteiger partial charge is 0.361 e. The average Bonchev–Trinajstić information content (AvgIpc) is 3.12. The first-order valence-electron chi connectivity index (χ1n) is 7.49. The van der Waals surface area contributed by atoms with Gasteiger partial charge in [-0.05, 0) is 19.1 Å². The lowest BCUT2D eigenvalue weighted by atomic mass is 10.2. The summed E-state index contributed by atoms with van der Waals surface area (Å²) in [6, 6.07) is 5.14. The van der Waals surface area contributed by atoms with E-state index in [9.17, 15) is 9.18 Å². The minimum atomic E-state index is -0.933. The summed E-state index contributed by atoms with van der Waals surface area (Å²) in [6.07, 6.45) is 1.15. The number of halogens is 1. The van der Waals surface area contributed by atoms with Crippen LogP contribution in [0.4, 0.5) is 10.2 Å². The highest BCUT2D eigenvalue weighted by atomic mass is 19.1. The third-order valence-electron chi connectivity index (χ3n) is 3.77. The molecule has 0 aliphatic carbocycles. The van der Waals surface area contributed by atoms with Gasteiger partial charge in [-0.1, -0.05) is 5.16 Å². The topological polar surface area (TPSA) is 84.2 Å². The number of aromatic nitrogens is 3. The molecule has 1 saturated heterocycles. The maximum Gasteiger partial charge on any atom is 0.226 e. The molecule has 3 heterocycles. The Morgan fingerprint density at radius 3 is 3.13 bits per heavy atom. The Morgan fingerprint density at radius 2 is 2.43 bits per heavy atom. The number of carbonyl (C=O) groups is 1. The second-order valence-electron chi connectivity index (χ2n) is 5.63. The molecule has 23 heavy (non-hydrogen) atoms. The molecule has 0 unspecified atom stereocenters. The Kier molecular flexibility index (Phi) is 4.50. The summed E-state index contributed by atoms with van der Waals surface area (Å²) in [6.45, 7) is 2.39. The summed E-state index contributed by atoms with van der Waals surface area (Å²) >= 11 is 0. The minimum Gasteiger partial charge on any atom is -0.361 e. The summed E-state index contributed by atoms with van der Waals surface area (Å²) in [4.78, 5) is 13.8. The van der Waals surface area contributed by atoms with Crippen molar-refractivity contribution >= 4 is 11.7 Å². The molecule has 1 amide bonds. The molecule has 7 nitrogen and oxygen atoms in total. The van der Waals surface area contributed by atoms with Crippen LogP contribution in [0.15, 0.2) is 28.9 Å². The van der Waals surface area contributed by atoms with Crippen LogP contribution < -0.4 is 10.2 Å². The number of rotatable bonds is 5. The molecule has 0 saturated carbocycles. The second kappa shape index (κ2) is 6.72. The predicted molar refractivity (Wildman–Crippen MR) is 80.6 cm³/mol. The molecule has 122 valence electrons. The number of carbonyl (C=O) groups excluding carboxylic acids is 1. The van der Waals surface area contributed by atoms with Crippen LogP contribution in [0.3, 0.4) is 0 Å². The van der Waals surface area contributed by atoms with E-state index in [0.717, 1.165) is 0 Å². The Morgan fingerprint density at radius 1 is 1.57 bits per heavy atom. The fourth-order valence-electron chi connectivity index (χ4n) is 2.74. The fraction of sp³-hybridized carbons (Fsp3) is 0.467. The van der Waals surface area contributed by atoms with Crippen LogP contribution in [0, 0.1) is 6.92 Å². The molecule has 1 fully saturated rings. The monoisotopic (exact) mass is 319 g/mol. The number of hydrogen-bond acceptors (Lipinski definition) is 6. The predicted octanol–water partition coefficient (Wildman–Crippen LogP) is 1.05. The second-order valence-corrected chi connectivity index (χ2v) is 5.63. The number of aryl methyl sites for hydroxylation is 1. The number of anilines is 1. The average molecular weight is 319 g/mol. The smallest absolute Gasteiger partial charge is 0.226 e. The maximum absolute atomic E-state index is 13.8. The number of nitrogens with one attached hydrogen (secondary N) is 1. The van der Waals surface area contributed by atoms with Gasteiger partial charge >= 0.3 is 0 Å². The molecule has 2 aromatic rings. The highest BCUT2D eigenvalue weighted by Crippen LogP contribution is 2.24. The number of amides is 1. The SMILES string of the molecule is Cc1cc(CC(=O)NC[C@@H]2C[C@H](F)CN2c2cccnn2)no1. The van der Waals surface area contributed by atoms with Crippen molar-refractivity contribution in [2.45, 2.75) is 32.0 Å². The Hall–Kier alpha value is -2.51. The van der Waals surface area contributed by atoms with Crippen molar-refractivity contribution in [1.29, 1.82) is 0 Å². The molecule has 0 bridgehead atoms. The number of alkyl halides is 1. The van der Waals surface area contributed by atoms with Crippen molar-refractivity contribution in [2.75, 3.05) is 18.0 Å². The van der Waals surface area contributed by atoms with Gasteiger partial charge in [0.25, 0.3) is 0 Å². The molecule has 8 heteroatoms. The summed E-state index contributed by atoms with van der Waals surface area (Å²) in [5, 5.41) is 14.5. The van der Waals surface area contributed by atoms with Crippen molar-refractivity contribution in [1.82, 2.24) is 20.7 Å². The summed E-state index contributed by atoms with van der Waals surface area (Å²) in [5.74, 6) is 1.12. The van der Waals surface area contributed by atoms with Crippen LogP contribution in [0.2, 0.25) is 0 Å². The Labute approximate surface area is 132 Å². The van der Waals surface area contributed by atoms with E-state index in [0.29, 0.717) is 30.2 Å². The lowest BCUT2D eigenvalue weighted by Gasteiger charge is -2.24. The van der Waals surface area contributed by atoms with Crippen LogP contribution in [0.5, 0.6) is 0 Å². The van der Waals surface area contributed by atoms with E-state index in [4.69, 9.17) is 4.52 Å². The molecule has 0 aromatic carbocycles. The Bertz CT molecular complexity index is 663. The van der Waals surface area contributed by atoms with Gasteiger partial charge in [-0.15, -0.1) is 5.10 Å². The third-order valence-corrected chi connectivity index (χ3v) is 3.77. The normalized spacial score (nSPS) is 20.7. The molecule has 1 aliphatic rings. The minimum absolute atomic E-state index is 0.135. The lowest BCUT2D eigenvalue weighted by molar-refractivity contribution is -0.120. The summed E-state index contributed by atoms with van der Waals surface area (Å²) < 4.78 is 18.7. The maximum atomic E-state index is 13.8. The van der Waals surface area contributed by atoms with E-state index < -0.39 is 6.17 Å². The molecule has 1 aliphatic heterocycles. The van der Waals surface area contributed by atoms with Crippen LogP contribution in [-0.4, -0.2) is 46.6 Å². The summed E-state index contributed by atoms with van der Waals surface area (Å²) in [5.41, 5.74) is 0.584. The Balaban J connectivity index is 1.56. The molecule has 1 N–H and O–H groups in total. The molecule has 0 radical (unpaired) electrons. The van der Waals surface area contributed by atoms with Gasteiger partial charge in [0, 0.05) is 25.2 Å². The van der Waals surface area contributed by atoms with Gasteiger partial charge < -0.3 is 14.7 Å². The van der Waals surface area contributed by atoms with Gasteiger partial charge in [-0.2, -0.15) is 5.10 Å². The van der Waals surface area contributed by atoms with Gasteiger partial charge in [0.1, 0.15) is 11.9 Å². The fourth-order valence-corrected chi connectivity index (χ4v) is 2.74. The van der Waals surface area contributed by atoms with Gasteiger partial charge in [0.05, 0.1) is 24.7 Å². The summed E-state index contributed by atoms with van der Waals surface area (Å²) in [7, 11) is 0. The van der Waals surface area contributed by atoms with Gasteiger partial charge in [0.2, 0.25) is 5.91 Å². The van der Waals surface area contributed by atoms with Crippen LogP contribution in [0.1, 0.15) is 17.9 Å².